The second kappa shape index (κ2) is 4.96. The second-order valence-corrected chi connectivity index (χ2v) is 4.91. The normalized spacial score (nSPS) is 11.1. The van der Waals surface area contributed by atoms with Crippen LogP contribution in [0.1, 0.15) is 5.82 Å². The van der Waals surface area contributed by atoms with Gasteiger partial charge >= 0.3 is 5.69 Å². The molecule has 0 saturated heterocycles. The van der Waals surface area contributed by atoms with Crippen molar-refractivity contribution in [3.05, 3.63) is 65.2 Å². The van der Waals surface area contributed by atoms with E-state index in [-0.39, 0.29) is 5.69 Å². The van der Waals surface area contributed by atoms with Crippen LogP contribution in [0.3, 0.4) is 0 Å². The number of hydrogen-bond acceptors (Lipinski definition) is 4. The van der Waals surface area contributed by atoms with Gasteiger partial charge in [-0.1, -0.05) is 6.07 Å². The Bertz CT molecular complexity index is 996. The fourth-order valence-corrected chi connectivity index (χ4v) is 2.45. The van der Waals surface area contributed by atoms with Crippen LogP contribution in [0, 0.1) is 0 Å². The third-order valence-electron chi connectivity index (χ3n) is 3.45. The van der Waals surface area contributed by atoms with Crippen molar-refractivity contribution in [2.24, 2.45) is 0 Å². The van der Waals surface area contributed by atoms with Gasteiger partial charge in [0.1, 0.15) is 5.82 Å². The van der Waals surface area contributed by atoms with E-state index in [0.717, 1.165) is 22.3 Å². The molecular formula is C15H12N6O. The number of nitrogens with one attached hydrogen (secondary N) is 2. The third-order valence-corrected chi connectivity index (χ3v) is 3.45. The van der Waals surface area contributed by atoms with Crippen LogP contribution in [0.2, 0.25) is 0 Å². The molecule has 0 aliphatic heterocycles. The minimum absolute atomic E-state index is 0.312. The molecule has 3 heterocycles. The molecule has 0 aliphatic carbocycles. The summed E-state index contributed by atoms with van der Waals surface area (Å²) in [5.41, 5.74) is 1.62. The Labute approximate surface area is 124 Å². The van der Waals surface area contributed by atoms with Gasteiger partial charge in [-0.25, -0.2) is 14.9 Å². The molecule has 22 heavy (non-hydrogen) atoms. The molecule has 0 bridgehead atoms. The molecule has 3 aromatic heterocycles. The van der Waals surface area contributed by atoms with Crippen LogP contribution in [-0.4, -0.2) is 29.7 Å². The molecule has 108 valence electrons. The zero-order chi connectivity index (χ0) is 14.9. The van der Waals surface area contributed by atoms with Crippen molar-refractivity contribution >= 4 is 10.9 Å². The van der Waals surface area contributed by atoms with Gasteiger partial charge < -0.3 is 4.57 Å². The summed E-state index contributed by atoms with van der Waals surface area (Å²) in [6.45, 7) is 0.444. The monoisotopic (exact) mass is 292 g/mol. The molecule has 4 aromatic rings. The Morgan fingerprint density at radius 2 is 2.09 bits per heavy atom. The van der Waals surface area contributed by atoms with Crippen LogP contribution in [0.4, 0.5) is 0 Å². The number of rotatable bonds is 3. The Morgan fingerprint density at radius 1 is 1.14 bits per heavy atom. The average molecular weight is 292 g/mol. The fraction of sp³-hybridized carbons (Fsp3) is 0.0667. The maximum absolute atomic E-state index is 11.1. The first-order valence-electron chi connectivity index (χ1n) is 6.79. The standard InChI is InChI=1S/C15H12N6O/c22-15-18-13(19-20-15)9-21-7-6-17-14(21)11-3-4-12-10(8-11)2-1-5-16-12/h1-8H,9H2,(H2,18,19,20,22). The van der Waals surface area contributed by atoms with Crippen LogP contribution in [0.15, 0.2) is 53.7 Å². The summed E-state index contributed by atoms with van der Waals surface area (Å²) in [5, 5.41) is 7.34. The molecule has 0 aliphatic rings. The van der Waals surface area contributed by atoms with Gasteiger partial charge in [-0.15, -0.1) is 0 Å². The smallest absolute Gasteiger partial charge is 0.323 e. The lowest BCUT2D eigenvalue weighted by atomic mass is 10.1. The van der Waals surface area contributed by atoms with Crippen molar-refractivity contribution in [1.29, 1.82) is 0 Å². The predicted octanol–water partition coefficient (Wildman–Crippen LogP) is 1.56. The summed E-state index contributed by atoms with van der Waals surface area (Å²) in [4.78, 5) is 22.5. The molecule has 2 N–H and O–H groups in total. The van der Waals surface area contributed by atoms with Crippen molar-refractivity contribution in [2.75, 3.05) is 0 Å². The Balaban J connectivity index is 1.75. The number of aromatic nitrogens is 6. The molecule has 0 spiro atoms. The van der Waals surface area contributed by atoms with E-state index in [1.54, 1.807) is 12.4 Å². The Morgan fingerprint density at radius 3 is 2.95 bits per heavy atom. The number of fused-ring (bicyclic) bond motifs is 1. The number of benzene rings is 1. The minimum atomic E-state index is -0.312. The molecule has 0 fully saturated rings. The van der Waals surface area contributed by atoms with Crippen LogP contribution >= 0.6 is 0 Å². The first-order valence-corrected chi connectivity index (χ1v) is 6.79. The molecule has 0 atom stereocenters. The summed E-state index contributed by atoms with van der Waals surface area (Å²) in [6, 6.07) is 9.94. The Hall–Kier alpha value is -3.22. The summed E-state index contributed by atoms with van der Waals surface area (Å²) < 4.78 is 1.93. The third kappa shape index (κ3) is 2.18. The van der Waals surface area contributed by atoms with Crippen LogP contribution in [0.25, 0.3) is 22.3 Å². The summed E-state index contributed by atoms with van der Waals surface area (Å²) >= 11 is 0. The molecule has 0 amide bonds. The number of H-pyrrole nitrogens is 2. The second-order valence-electron chi connectivity index (χ2n) is 4.91. The highest BCUT2D eigenvalue weighted by atomic mass is 16.1. The average Bonchev–Trinajstić information content (AvgIpc) is 3.16. The van der Waals surface area contributed by atoms with E-state index in [1.165, 1.54) is 0 Å². The molecule has 0 radical (unpaired) electrons. The van der Waals surface area contributed by atoms with Gasteiger partial charge in [-0.2, -0.15) is 5.10 Å². The molecule has 0 saturated carbocycles. The minimum Gasteiger partial charge on any atom is -0.323 e. The topological polar surface area (TPSA) is 92.2 Å². The van der Waals surface area contributed by atoms with Crippen molar-refractivity contribution in [1.82, 2.24) is 29.7 Å². The summed E-state index contributed by atoms with van der Waals surface area (Å²) in [7, 11) is 0. The van der Waals surface area contributed by atoms with Crippen LogP contribution in [0.5, 0.6) is 0 Å². The quantitative estimate of drug-likeness (QED) is 0.599. The van der Waals surface area contributed by atoms with Crippen molar-refractivity contribution in [3.63, 3.8) is 0 Å². The number of hydrogen-bond donors (Lipinski definition) is 2. The fourth-order valence-electron chi connectivity index (χ4n) is 2.45. The highest BCUT2D eigenvalue weighted by Gasteiger charge is 2.09. The lowest BCUT2D eigenvalue weighted by Crippen LogP contribution is -2.05. The van der Waals surface area contributed by atoms with E-state index in [1.807, 2.05) is 35.0 Å². The molecule has 0 unspecified atom stereocenters. The number of nitrogens with zero attached hydrogens (tertiary/aromatic N) is 4. The van der Waals surface area contributed by atoms with Gasteiger partial charge in [0.15, 0.2) is 5.82 Å². The maximum Gasteiger partial charge on any atom is 0.340 e. The van der Waals surface area contributed by atoms with Gasteiger partial charge in [-0.05, 0) is 24.3 Å². The SMILES string of the molecule is O=c1[nH]nc(Cn2ccnc2-c2ccc3ncccc3c2)[nH]1. The van der Waals surface area contributed by atoms with E-state index in [2.05, 4.69) is 31.2 Å². The van der Waals surface area contributed by atoms with Gasteiger partial charge in [0, 0.05) is 29.5 Å². The first kappa shape index (κ1) is 12.5. The highest BCUT2D eigenvalue weighted by molar-refractivity contribution is 5.83. The summed E-state index contributed by atoms with van der Waals surface area (Å²) in [6.07, 6.45) is 5.36. The van der Waals surface area contributed by atoms with E-state index in [9.17, 15) is 4.79 Å². The first-order chi connectivity index (χ1) is 10.8. The lowest BCUT2D eigenvalue weighted by molar-refractivity contribution is 0.755. The zero-order valence-electron chi connectivity index (χ0n) is 11.5. The summed E-state index contributed by atoms with van der Waals surface area (Å²) in [5.74, 6) is 1.38. The number of pyridine rings is 1. The van der Waals surface area contributed by atoms with Crippen molar-refractivity contribution in [2.45, 2.75) is 6.54 Å². The van der Waals surface area contributed by atoms with Gasteiger partial charge in [-0.3, -0.25) is 9.97 Å². The van der Waals surface area contributed by atoms with Crippen LogP contribution < -0.4 is 5.69 Å². The zero-order valence-corrected chi connectivity index (χ0v) is 11.5. The van der Waals surface area contributed by atoms with Crippen molar-refractivity contribution in [3.8, 4) is 11.4 Å². The van der Waals surface area contributed by atoms with Gasteiger partial charge in [0.2, 0.25) is 0 Å². The predicted molar refractivity (Wildman–Crippen MR) is 81.3 cm³/mol. The Kier molecular flexibility index (Phi) is 2.82. The molecule has 4 rings (SSSR count). The van der Waals surface area contributed by atoms with E-state index < -0.39 is 0 Å². The lowest BCUT2D eigenvalue weighted by Gasteiger charge is -2.07. The molecule has 7 nitrogen and oxygen atoms in total. The van der Waals surface area contributed by atoms with Gasteiger partial charge in [0.25, 0.3) is 0 Å². The van der Waals surface area contributed by atoms with Crippen molar-refractivity contribution < 1.29 is 0 Å². The molecular weight excluding hydrogens is 280 g/mol. The molecule has 7 heteroatoms. The number of aromatic amines is 2. The van der Waals surface area contributed by atoms with E-state index >= 15 is 0 Å². The number of imidazole rings is 1. The van der Waals surface area contributed by atoms with Crippen LogP contribution in [-0.2, 0) is 6.54 Å². The maximum atomic E-state index is 11.1. The highest BCUT2D eigenvalue weighted by Crippen LogP contribution is 2.22. The van der Waals surface area contributed by atoms with E-state index in [4.69, 9.17) is 0 Å². The largest absolute Gasteiger partial charge is 0.340 e. The van der Waals surface area contributed by atoms with E-state index in [0.29, 0.717) is 12.4 Å². The molecule has 1 aromatic carbocycles. The van der Waals surface area contributed by atoms with Gasteiger partial charge in [0.05, 0.1) is 12.1 Å².